The lowest BCUT2D eigenvalue weighted by Crippen LogP contribution is -2.19. The van der Waals surface area contributed by atoms with Crippen LogP contribution in [0.3, 0.4) is 0 Å². The van der Waals surface area contributed by atoms with Crippen LogP contribution in [-0.4, -0.2) is 22.8 Å². The van der Waals surface area contributed by atoms with Gasteiger partial charge in [0.05, 0.1) is 15.4 Å². The van der Waals surface area contributed by atoms with Gasteiger partial charge in [0.25, 0.3) is 5.89 Å². The summed E-state index contributed by atoms with van der Waals surface area (Å²) in [5, 5.41) is 6.89. The van der Waals surface area contributed by atoms with Gasteiger partial charge in [-0.15, -0.1) is 0 Å². The highest BCUT2D eigenvalue weighted by molar-refractivity contribution is 5.70. The van der Waals surface area contributed by atoms with Crippen LogP contribution in [-0.2, 0) is 6.37 Å². The van der Waals surface area contributed by atoms with E-state index < -0.39 is 24.8 Å². The van der Waals surface area contributed by atoms with Crippen molar-refractivity contribution < 1.29 is 17.5 Å². The Morgan fingerprint density at radius 2 is 2.30 bits per heavy atom. The van der Waals surface area contributed by atoms with E-state index in [2.05, 4.69) is 20.3 Å². The van der Waals surface area contributed by atoms with Crippen LogP contribution < -0.4 is 10.1 Å². The molecule has 2 aromatic carbocycles. The number of ether oxygens (including phenoxy) is 1. The molecule has 6 heteroatoms. The van der Waals surface area contributed by atoms with Gasteiger partial charge in [0.1, 0.15) is 5.75 Å². The van der Waals surface area contributed by atoms with Crippen LogP contribution in [0.5, 0.6) is 5.75 Å². The molecule has 0 radical (unpaired) electrons. The topological polar surface area (TPSA) is 64.5 Å². The lowest BCUT2D eigenvalue weighted by molar-refractivity contribution is 0.244. The first-order valence-corrected chi connectivity index (χ1v) is 9.71. The molecular formula is C24H26N4O2. The van der Waals surface area contributed by atoms with Crippen molar-refractivity contribution in [3.8, 4) is 28.6 Å². The zero-order valence-corrected chi connectivity index (χ0v) is 17.0. The summed E-state index contributed by atoms with van der Waals surface area (Å²) in [5.74, 6) is 0.362. The van der Waals surface area contributed by atoms with Crippen molar-refractivity contribution in [2.75, 3.05) is 6.54 Å². The van der Waals surface area contributed by atoms with E-state index >= 15 is 0 Å². The fourth-order valence-electron chi connectivity index (χ4n) is 3.16. The van der Waals surface area contributed by atoms with Gasteiger partial charge < -0.3 is 14.6 Å². The van der Waals surface area contributed by atoms with Gasteiger partial charge in [-0.1, -0.05) is 30.3 Å². The van der Waals surface area contributed by atoms with Gasteiger partial charge >= 0.3 is 0 Å². The molecule has 1 aromatic heterocycles. The van der Waals surface area contributed by atoms with Gasteiger partial charge in [0.2, 0.25) is 11.5 Å². The second-order valence-electron chi connectivity index (χ2n) is 7.01. The fraction of sp³-hybridized carbons (Fsp3) is 0.375. The second kappa shape index (κ2) is 8.68. The van der Waals surface area contributed by atoms with E-state index in [1.807, 2.05) is 6.92 Å². The molecule has 1 aliphatic carbocycles. The maximum Gasteiger partial charge on any atom is 0.256 e. The number of nitrogens with zero attached hydrogens (tertiary/aromatic N) is 3. The van der Waals surface area contributed by atoms with Crippen LogP contribution in [0.1, 0.15) is 58.9 Å². The average Bonchev–Trinajstić information content (AvgIpc) is 3.34. The molecule has 0 unspecified atom stereocenters. The van der Waals surface area contributed by atoms with Crippen LogP contribution in [0.25, 0.3) is 27.7 Å². The molecule has 0 bridgehead atoms. The van der Waals surface area contributed by atoms with Crippen LogP contribution in [0.15, 0.2) is 40.9 Å². The van der Waals surface area contributed by atoms with Crippen molar-refractivity contribution in [3.05, 3.63) is 58.9 Å². The number of rotatable bonds is 7. The molecule has 1 atom stereocenters. The van der Waals surface area contributed by atoms with Gasteiger partial charge in [-0.2, -0.15) is 4.98 Å². The summed E-state index contributed by atoms with van der Waals surface area (Å²) in [6, 6.07) is 7.40. The summed E-state index contributed by atoms with van der Waals surface area (Å²) < 4.78 is 62.2. The maximum absolute atomic E-state index is 8.91. The molecule has 1 aliphatic rings. The first-order chi connectivity index (χ1) is 16.8. The molecule has 0 saturated heterocycles. The summed E-state index contributed by atoms with van der Waals surface area (Å²) >= 11 is 0. The predicted octanol–water partition coefficient (Wildman–Crippen LogP) is 5.73. The Bertz CT molecular complexity index is 1350. The Morgan fingerprint density at radius 1 is 1.43 bits per heavy atom. The number of benzene rings is 2. The van der Waals surface area contributed by atoms with Gasteiger partial charge in [-0.05, 0) is 68.9 Å². The van der Waals surface area contributed by atoms with Gasteiger partial charge in [-0.3, -0.25) is 0 Å². The Labute approximate surface area is 185 Å². The predicted molar refractivity (Wildman–Crippen MR) is 117 cm³/mol. The van der Waals surface area contributed by atoms with Crippen LogP contribution in [0.4, 0.5) is 5.69 Å². The minimum atomic E-state index is -2.58. The highest BCUT2D eigenvalue weighted by Crippen LogP contribution is 2.38. The van der Waals surface area contributed by atoms with Crippen molar-refractivity contribution in [3.63, 3.8) is 0 Å². The summed E-state index contributed by atoms with van der Waals surface area (Å²) in [7, 11) is 0. The number of aromatic nitrogens is 2. The SMILES string of the molecule is [2H]C(C)(C)Oc1ccc(-c2nc(-c3cccc4c3C([2H])([2H])C([2H])([2H])[C@]4([2H])NCCC)no2)cc1[N+]#[C-]. The van der Waals surface area contributed by atoms with Crippen molar-refractivity contribution >= 4 is 5.69 Å². The third-order valence-corrected chi connectivity index (χ3v) is 4.51. The number of fused-ring (bicyclic) bond motifs is 1. The van der Waals surface area contributed by atoms with E-state index in [1.54, 1.807) is 44.2 Å². The fourth-order valence-corrected chi connectivity index (χ4v) is 3.16. The van der Waals surface area contributed by atoms with E-state index in [9.17, 15) is 0 Å². The smallest absolute Gasteiger partial charge is 0.256 e. The molecular weight excluding hydrogens is 376 g/mol. The molecule has 30 heavy (non-hydrogen) atoms. The van der Waals surface area contributed by atoms with Crippen LogP contribution in [0.2, 0.25) is 0 Å². The molecule has 0 saturated carbocycles. The quantitative estimate of drug-likeness (QED) is 0.506. The molecule has 154 valence electrons. The third kappa shape index (κ3) is 3.94. The largest absolute Gasteiger partial charge is 0.502 e. The zero-order valence-electron chi connectivity index (χ0n) is 23.0. The maximum atomic E-state index is 8.91. The highest BCUT2D eigenvalue weighted by Gasteiger charge is 2.26. The van der Waals surface area contributed by atoms with Crippen molar-refractivity contribution in [1.29, 1.82) is 0 Å². The first-order valence-electron chi connectivity index (χ1n) is 12.7. The second-order valence-corrected chi connectivity index (χ2v) is 7.01. The van der Waals surface area contributed by atoms with Crippen molar-refractivity contribution in [2.24, 2.45) is 0 Å². The summed E-state index contributed by atoms with van der Waals surface area (Å²) in [5.41, 5.74) is 1.01. The molecule has 4 rings (SSSR count). The summed E-state index contributed by atoms with van der Waals surface area (Å²) in [4.78, 5) is 7.86. The molecule has 1 N–H and O–H groups in total. The van der Waals surface area contributed by atoms with Gasteiger partial charge in [-0.25, -0.2) is 4.85 Å². The number of hydrogen-bond acceptors (Lipinski definition) is 5. The molecule has 3 aromatic rings. The lowest BCUT2D eigenvalue weighted by Gasteiger charge is -2.13. The van der Waals surface area contributed by atoms with Crippen LogP contribution >= 0.6 is 0 Å². The zero-order chi connectivity index (χ0) is 26.5. The number of nitrogens with one attached hydrogen (secondary N) is 1. The van der Waals surface area contributed by atoms with E-state index in [-0.39, 0.29) is 39.8 Å². The Morgan fingerprint density at radius 3 is 3.07 bits per heavy atom. The minimum Gasteiger partial charge on any atom is -0.502 e. The van der Waals surface area contributed by atoms with E-state index in [4.69, 9.17) is 24.1 Å². The highest BCUT2D eigenvalue weighted by atomic mass is 16.5. The van der Waals surface area contributed by atoms with Crippen LogP contribution in [0, 0.1) is 6.57 Å². The Hall–Kier alpha value is -3.17. The molecule has 0 fully saturated rings. The standard InChI is InChI=1S/C24H26N4O2/c1-5-13-26-20-11-10-17-18(20)7-6-8-19(17)23-27-24(30-28-23)16-9-12-22(29-15(2)3)21(14-16)25-4/h6-9,12,14-15,20,26H,5,10-11,13H2,1-3H3/t20-/m0/s1/i10D2,11D2,15D,20D. The van der Waals surface area contributed by atoms with E-state index in [0.29, 0.717) is 18.5 Å². The van der Waals surface area contributed by atoms with Gasteiger partial charge in [0, 0.05) is 22.6 Å². The third-order valence-electron chi connectivity index (χ3n) is 4.51. The Balaban J connectivity index is 1.79. The molecule has 0 aliphatic heterocycles. The van der Waals surface area contributed by atoms with E-state index in [1.165, 1.54) is 6.07 Å². The minimum absolute atomic E-state index is 0.00391. The normalized spacial score (nSPS) is 24.3. The monoisotopic (exact) mass is 408 g/mol. The van der Waals surface area contributed by atoms with E-state index in [0.717, 1.165) is 0 Å². The molecule has 1 heterocycles. The lowest BCUT2D eigenvalue weighted by atomic mass is 10.0. The molecule has 0 amide bonds. The number of hydrogen-bond donors (Lipinski definition) is 1. The van der Waals surface area contributed by atoms with Crippen molar-refractivity contribution in [2.45, 2.75) is 52.0 Å². The van der Waals surface area contributed by atoms with Crippen molar-refractivity contribution in [1.82, 2.24) is 15.5 Å². The molecule has 0 spiro atoms. The van der Waals surface area contributed by atoms with Gasteiger partial charge in [0.15, 0.2) is 0 Å². The Kier molecular flexibility index (Phi) is 4.03. The molecule has 6 nitrogen and oxygen atoms in total. The first kappa shape index (κ1) is 13.9. The summed E-state index contributed by atoms with van der Waals surface area (Å²) in [6.45, 7) is 12.8. The average molecular weight is 409 g/mol. The summed E-state index contributed by atoms with van der Waals surface area (Å²) in [6.07, 6.45) is -5.67.